The molecule has 0 atom stereocenters. The van der Waals surface area contributed by atoms with Gasteiger partial charge in [0.25, 0.3) is 11.6 Å². The summed E-state index contributed by atoms with van der Waals surface area (Å²) in [6.45, 7) is 1.50. The number of hydrogen-bond donors (Lipinski definition) is 1. The van der Waals surface area contributed by atoms with Crippen LogP contribution in [0.5, 0.6) is 0 Å². The highest BCUT2D eigenvalue weighted by atomic mass is 16.6. The van der Waals surface area contributed by atoms with E-state index < -0.39 is 23.4 Å². The highest BCUT2D eigenvalue weighted by molar-refractivity contribution is 5.96. The fourth-order valence-corrected chi connectivity index (χ4v) is 2.25. The summed E-state index contributed by atoms with van der Waals surface area (Å²) in [5, 5.41) is 13.4. The van der Waals surface area contributed by atoms with E-state index >= 15 is 0 Å². The first-order valence-electron chi connectivity index (χ1n) is 7.70. The van der Waals surface area contributed by atoms with Crippen molar-refractivity contribution < 1.29 is 24.0 Å². The van der Waals surface area contributed by atoms with E-state index in [1.807, 2.05) is 0 Å². The Labute approximate surface area is 149 Å². The molecule has 0 saturated carbocycles. The second-order valence-electron chi connectivity index (χ2n) is 5.54. The summed E-state index contributed by atoms with van der Waals surface area (Å²) >= 11 is 0. The van der Waals surface area contributed by atoms with Gasteiger partial charge in [0.05, 0.1) is 17.1 Å². The third kappa shape index (κ3) is 5.12. The number of benzene rings is 2. The van der Waals surface area contributed by atoms with Crippen molar-refractivity contribution in [3.8, 4) is 0 Å². The Kier molecular flexibility index (Phi) is 6.40. The average molecular weight is 358 g/mol. The fraction of sp³-hybridized carbons (Fsp3) is 0.222. The Balaban J connectivity index is 1.98. The zero-order chi connectivity index (χ0) is 19.1. The van der Waals surface area contributed by atoms with Gasteiger partial charge in [-0.1, -0.05) is 18.2 Å². The van der Waals surface area contributed by atoms with Crippen LogP contribution in [0.25, 0.3) is 0 Å². The third-order valence-electron chi connectivity index (χ3n) is 3.43. The number of nitrogens with zero attached hydrogens (tertiary/aromatic N) is 1. The number of rotatable bonds is 7. The normalized spacial score (nSPS) is 10.2. The van der Waals surface area contributed by atoms with Gasteiger partial charge in [0.15, 0.2) is 6.61 Å². The Morgan fingerprint density at radius 1 is 1.19 bits per heavy atom. The molecule has 2 rings (SSSR count). The van der Waals surface area contributed by atoms with E-state index in [2.05, 4.69) is 5.32 Å². The molecular formula is C18H18N2O6. The predicted octanol–water partition coefficient (Wildman–Crippen LogP) is 2.85. The van der Waals surface area contributed by atoms with Gasteiger partial charge < -0.3 is 14.8 Å². The second-order valence-corrected chi connectivity index (χ2v) is 5.54. The summed E-state index contributed by atoms with van der Waals surface area (Å²) in [4.78, 5) is 34.4. The van der Waals surface area contributed by atoms with Crippen LogP contribution in [0.2, 0.25) is 0 Å². The molecule has 0 saturated heterocycles. The molecule has 8 nitrogen and oxygen atoms in total. The third-order valence-corrected chi connectivity index (χ3v) is 3.43. The molecule has 0 fully saturated rings. The molecule has 1 amide bonds. The topological polar surface area (TPSA) is 108 Å². The average Bonchev–Trinajstić information content (AvgIpc) is 2.61. The first kappa shape index (κ1) is 19.1. The van der Waals surface area contributed by atoms with Crippen LogP contribution in [0.15, 0.2) is 42.5 Å². The number of carbonyl (C=O) groups is 2. The molecule has 0 aliphatic carbocycles. The van der Waals surface area contributed by atoms with Gasteiger partial charge in [0.2, 0.25) is 0 Å². The lowest BCUT2D eigenvalue weighted by Crippen LogP contribution is -2.21. The van der Waals surface area contributed by atoms with E-state index in [1.165, 1.54) is 12.1 Å². The van der Waals surface area contributed by atoms with Gasteiger partial charge in [-0.05, 0) is 36.2 Å². The Morgan fingerprint density at radius 3 is 2.65 bits per heavy atom. The molecule has 2 aromatic rings. The van der Waals surface area contributed by atoms with Crippen LogP contribution in [-0.4, -0.2) is 30.5 Å². The minimum atomic E-state index is -0.670. The number of nitro benzene ring substituents is 1. The Bertz CT molecular complexity index is 834. The SMILES string of the molecule is COCc1cccc(C(=O)OCC(=O)Nc2ccc(C)cc2[N+](=O)[O-])c1. The van der Waals surface area contributed by atoms with Crippen molar-refractivity contribution in [2.24, 2.45) is 0 Å². The summed E-state index contributed by atoms with van der Waals surface area (Å²) in [5.41, 5.74) is 1.59. The molecule has 0 aliphatic rings. The van der Waals surface area contributed by atoms with Gasteiger partial charge in [-0.15, -0.1) is 0 Å². The first-order valence-corrected chi connectivity index (χ1v) is 7.70. The lowest BCUT2D eigenvalue weighted by Gasteiger charge is -2.08. The Hall–Kier alpha value is -3.26. The number of ether oxygens (including phenoxy) is 2. The maximum Gasteiger partial charge on any atom is 0.338 e. The van der Waals surface area contributed by atoms with E-state index in [4.69, 9.17) is 9.47 Å². The standard InChI is InChI=1S/C18H18N2O6/c1-12-6-7-15(16(8-12)20(23)24)19-17(21)11-26-18(22)14-5-3-4-13(9-14)10-25-2/h3-9H,10-11H2,1-2H3,(H,19,21). The van der Waals surface area contributed by atoms with Crippen molar-refractivity contribution in [3.63, 3.8) is 0 Å². The van der Waals surface area contributed by atoms with E-state index in [0.717, 1.165) is 5.56 Å². The van der Waals surface area contributed by atoms with E-state index in [9.17, 15) is 19.7 Å². The molecule has 1 N–H and O–H groups in total. The van der Waals surface area contributed by atoms with E-state index in [0.29, 0.717) is 12.2 Å². The van der Waals surface area contributed by atoms with Crippen LogP contribution in [0, 0.1) is 17.0 Å². The summed E-state index contributed by atoms with van der Waals surface area (Å²) < 4.78 is 9.95. The van der Waals surface area contributed by atoms with E-state index in [-0.39, 0.29) is 16.9 Å². The van der Waals surface area contributed by atoms with Crippen molar-refractivity contribution in [2.45, 2.75) is 13.5 Å². The molecule has 0 aromatic heterocycles. The lowest BCUT2D eigenvalue weighted by atomic mass is 10.1. The molecule has 0 aliphatic heterocycles. The number of amides is 1. The smallest absolute Gasteiger partial charge is 0.338 e. The minimum absolute atomic E-state index is 0.0451. The largest absolute Gasteiger partial charge is 0.452 e. The van der Waals surface area contributed by atoms with Crippen molar-refractivity contribution in [2.75, 3.05) is 19.0 Å². The highest BCUT2D eigenvalue weighted by Gasteiger charge is 2.17. The summed E-state index contributed by atoms with van der Waals surface area (Å²) in [5.74, 6) is -1.34. The molecule has 0 radical (unpaired) electrons. The first-order chi connectivity index (χ1) is 12.4. The quantitative estimate of drug-likeness (QED) is 0.463. The van der Waals surface area contributed by atoms with Crippen molar-refractivity contribution in [1.29, 1.82) is 0 Å². The molecule has 2 aromatic carbocycles. The second kappa shape index (κ2) is 8.72. The molecule has 0 spiro atoms. The molecule has 0 unspecified atom stereocenters. The molecule has 0 bridgehead atoms. The maximum absolute atomic E-state index is 12.0. The van der Waals surface area contributed by atoms with Crippen LogP contribution in [-0.2, 0) is 20.9 Å². The van der Waals surface area contributed by atoms with Crippen molar-refractivity contribution >= 4 is 23.3 Å². The summed E-state index contributed by atoms with van der Waals surface area (Å²) in [6.07, 6.45) is 0. The minimum Gasteiger partial charge on any atom is -0.452 e. The molecule has 8 heteroatoms. The Morgan fingerprint density at radius 2 is 1.96 bits per heavy atom. The molecule has 0 heterocycles. The molecular weight excluding hydrogens is 340 g/mol. The number of hydrogen-bond acceptors (Lipinski definition) is 6. The van der Waals surface area contributed by atoms with Crippen LogP contribution in [0.4, 0.5) is 11.4 Å². The summed E-state index contributed by atoms with van der Waals surface area (Å²) in [6, 6.07) is 11.1. The predicted molar refractivity (Wildman–Crippen MR) is 93.9 cm³/mol. The number of esters is 1. The highest BCUT2D eigenvalue weighted by Crippen LogP contribution is 2.25. The zero-order valence-corrected chi connectivity index (χ0v) is 14.4. The number of aryl methyl sites for hydroxylation is 1. The maximum atomic E-state index is 12.0. The summed E-state index contributed by atoms with van der Waals surface area (Å²) in [7, 11) is 1.54. The molecule has 26 heavy (non-hydrogen) atoms. The number of methoxy groups -OCH3 is 1. The van der Waals surface area contributed by atoms with Crippen LogP contribution < -0.4 is 5.32 Å². The van der Waals surface area contributed by atoms with Gasteiger partial charge in [0, 0.05) is 13.2 Å². The van der Waals surface area contributed by atoms with Crippen molar-refractivity contribution in [3.05, 3.63) is 69.3 Å². The van der Waals surface area contributed by atoms with Crippen LogP contribution in [0.3, 0.4) is 0 Å². The van der Waals surface area contributed by atoms with Gasteiger partial charge in [0.1, 0.15) is 5.69 Å². The van der Waals surface area contributed by atoms with Gasteiger partial charge in [-0.2, -0.15) is 0 Å². The number of anilines is 1. The van der Waals surface area contributed by atoms with Gasteiger partial charge in [-0.25, -0.2) is 4.79 Å². The zero-order valence-electron chi connectivity index (χ0n) is 14.4. The van der Waals surface area contributed by atoms with Gasteiger partial charge >= 0.3 is 5.97 Å². The van der Waals surface area contributed by atoms with Crippen molar-refractivity contribution in [1.82, 2.24) is 0 Å². The van der Waals surface area contributed by atoms with Crippen LogP contribution in [0.1, 0.15) is 21.5 Å². The molecule has 136 valence electrons. The monoisotopic (exact) mass is 358 g/mol. The number of nitrogens with one attached hydrogen (secondary N) is 1. The van der Waals surface area contributed by atoms with Gasteiger partial charge in [-0.3, -0.25) is 14.9 Å². The number of nitro groups is 1. The lowest BCUT2D eigenvalue weighted by molar-refractivity contribution is -0.384. The van der Waals surface area contributed by atoms with Crippen LogP contribution >= 0.6 is 0 Å². The fourth-order valence-electron chi connectivity index (χ4n) is 2.25. The number of carbonyl (C=O) groups excluding carboxylic acids is 2. The van der Waals surface area contributed by atoms with E-state index in [1.54, 1.807) is 44.4 Å².